The minimum atomic E-state index is -0.783. The second-order valence-corrected chi connectivity index (χ2v) is 5.65. The highest BCUT2D eigenvalue weighted by Crippen LogP contribution is 2.30. The fraction of sp³-hybridized carbons (Fsp3) is 0.857. The summed E-state index contributed by atoms with van der Waals surface area (Å²) in [4.78, 5) is 23.2. The van der Waals surface area contributed by atoms with E-state index in [9.17, 15) is 14.7 Å². The van der Waals surface area contributed by atoms with Crippen molar-refractivity contribution < 1.29 is 19.4 Å². The van der Waals surface area contributed by atoms with E-state index in [1.165, 1.54) is 6.42 Å². The van der Waals surface area contributed by atoms with E-state index in [4.69, 9.17) is 4.74 Å². The summed E-state index contributed by atoms with van der Waals surface area (Å²) in [6, 6.07) is 0. The average Bonchev–Trinajstić information content (AvgIpc) is 2.93. The van der Waals surface area contributed by atoms with Gasteiger partial charge in [-0.25, -0.2) is 0 Å². The summed E-state index contributed by atoms with van der Waals surface area (Å²) in [5, 5.41) is 12.1. The number of rotatable bonds is 5. The Balaban J connectivity index is 1.82. The molecule has 0 radical (unpaired) electrons. The maximum atomic E-state index is 11.9. The van der Waals surface area contributed by atoms with Crippen molar-refractivity contribution in [3.8, 4) is 0 Å². The van der Waals surface area contributed by atoms with E-state index < -0.39 is 11.9 Å². The van der Waals surface area contributed by atoms with Gasteiger partial charge in [0.25, 0.3) is 0 Å². The topological polar surface area (TPSA) is 75.6 Å². The normalized spacial score (nSPS) is 26.0. The fourth-order valence-corrected chi connectivity index (χ4v) is 3.09. The van der Waals surface area contributed by atoms with Gasteiger partial charge in [0, 0.05) is 13.2 Å². The van der Waals surface area contributed by atoms with Gasteiger partial charge in [0.05, 0.1) is 18.4 Å². The highest BCUT2D eigenvalue weighted by atomic mass is 16.5. The molecule has 2 rings (SSSR count). The minimum Gasteiger partial charge on any atom is -0.481 e. The van der Waals surface area contributed by atoms with Gasteiger partial charge < -0.3 is 15.2 Å². The molecular weight excluding hydrogens is 246 g/mol. The van der Waals surface area contributed by atoms with Crippen LogP contribution >= 0.6 is 0 Å². The third-order valence-corrected chi connectivity index (χ3v) is 4.33. The van der Waals surface area contributed by atoms with Crippen molar-refractivity contribution >= 4 is 11.9 Å². The maximum Gasteiger partial charge on any atom is 0.308 e. The van der Waals surface area contributed by atoms with Crippen LogP contribution in [0, 0.1) is 17.8 Å². The molecule has 5 nitrogen and oxygen atoms in total. The SMILES string of the molecule is O=C(NCC(C(=O)O)C1CCCCC1)C1CCOC1. The zero-order chi connectivity index (χ0) is 13.7. The highest BCUT2D eigenvalue weighted by Gasteiger charge is 2.31. The predicted octanol–water partition coefficient (Wildman–Crippen LogP) is 1.42. The Morgan fingerprint density at radius 1 is 1.21 bits per heavy atom. The summed E-state index contributed by atoms with van der Waals surface area (Å²) < 4.78 is 5.17. The molecule has 108 valence electrons. The van der Waals surface area contributed by atoms with E-state index in [0.29, 0.717) is 13.2 Å². The number of amides is 1. The Morgan fingerprint density at radius 2 is 1.95 bits per heavy atom. The first-order valence-corrected chi connectivity index (χ1v) is 7.26. The van der Waals surface area contributed by atoms with Gasteiger partial charge in [0.2, 0.25) is 5.91 Å². The van der Waals surface area contributed by atoms with Gasteiger partial charge in [-0.05, 0) is 25.2 Å². The summed E-state index contributed by atoms with van der Waals surface area (Å²) in [6.45, 7) is 1.35. The van der Waals surface area contributed by atoms with Crippen LogP contribution < -0.4 is 5.32 Å². The second kappa shape index (κ2) is 6.89. The number of hydrogen-bond donors (Lipinski definition) is 2. The van der Waals surface area contributed by atoms with Gasteiger partial charge in [-0.3, -0.25) is 9.59 Å². The van der Waals surface area contributed by atoms with Crippen LogP contribution in [0.4, 0.5) is 0 Å². The molecule has 2 fully saturated rings. The second-order valence-electron chi connectivity index (χ2n) is 5.65. The van der Waals surface area contributed by atoms with Gasteiger partial charge in [-0.1, -0.05) is 19.3 Å². The van der Waals surface area contributed by atoms with Crippen LogP contribution in [0.15, 0.2) is 0 Å². The standard InChI is InChI=1S/C14H23NO4/c16-13(11-6-7-19-9-11)15-8-12(14(17)18)10-4-2-1-3-5-10/h10-12H,1-9H2,(H,15,16)(H,17,18). The first kappa shape index (κ1) is 14.3. The van der Waals surface area contributed by atoms with Crippen LogP contribution in [0.1, 0.15) is 38.5 Å². The van der Waals surface area contributed by atoms with Gasteiger partial charge in [0.15, 0.2) is 0 Å². The van der Waals surface area contributed by atoms with E-state index in [1.807, 2.05) is 0 Å². The lowest BCUT2D eigenvalue weighted by molar-refractivity contribution is -0.144. The Kier molecular flexibility index (Phi) is 5.19. The van der Waals surface area contributed by atoms with E-state index in [0.717, 1.165) is 32.1 Å². The maximum absolute atomic E-state index is 11.9. The zero-order valence-electron chi connectivity index (χ0n) is 11.3. The molecule has 2 N–H and O–H groups in total. The average molecular weight is 269 g/mol. The number of hydrogen-bond acceptors (Lipinski definition) is 3. The summed E-state index contributed by atoms with van der Waals surface area (Å²) in [5.74, 6) is -1.16. The number of carboxylic acid groups (broad SMARTS) is 1. The van der Waals surface area contributed by atoms with Gasteiger partial charge >= 0.3 is 5.97 Å². The molecule has 1 saturated carbocycles. The third kappa shape index (κ3) is 3.93. The molecule has 0 bridgehead atoms. The van der Waals surface area contributed by atoms with Crippen molar-refractivity contribution in [2.24, 2.45) is 17.8 Å². The Morgan fingerprint density at radius 3 is 2.53 bits per heavy atom. The molecule has 0 aromatic carbocycles. The van der Waals surface area contributed by atoms with Gasteiger partial charge in [-0.15, -0.1) is 0 Å². The molecule has 1 aliphatic heterocycles. The summed E-state index contributed by atoms with van der Waals surface area (Å²) >= 11 is 0. The van der Waals surface area contributed by atoms with Crippen molar-refractivity contribution in [3.05, 3.63) is 0 Å². The van der Waals surface area contributed by atoms with Crippen LogP contribution in [0.25, 0.3) is 0 Å². The highest BCUT2D eigenvalue weighted by molar-refractivity contribution is 5.80. The quantitative estimate of drug-likeness (QED) is 0.791. The monoisotopic (exact) mass is 269 g/mol. The summed E-state index contributed by atoms with van der Waals surface area (Å²) in [6.07, 6.45) is 6.11. The van der Waals surface area contributed by atoms with Crippen molar-refractivity contribution in [1.29, 1.82) is 0 Å². The number of carbonyl (C=O) groups is 2. The van der Waals surface area contributed by atoms with Gasteiger partial charge in [-0.2, -0.15) is 0 Å². The number of carbonyl (C=O) groups excluding carboxylic acids is 1. The number of nitrogens with one attached hydrogen (secondary N) is 1. The molecule has 0 aromatic heterocycles. The number of aliphatic carboxylic acids is 1. The summed E-state index contributed by atoms with van der Waals surface area (Å²) in [5.41, 5.74) is 0. The van der Waals surface area contributed by atoms with Crippen molar-refractivity contribution in [2.45, 2.75) is 38.5 Å². The van der Waals surface area contributed by atoms with Crippen molar-refractivity contribution in [3.63, 3.8) is 0 Å². The van der Waals surface area contributed by atoms with Crippen LogP contribution in [-0.4, -0.2) is 36.7 Å². The smallest absolute Gasteiger partial charge is 0.308 e. The molecule has 1 heterocycles. The minimum absolute atomic E-state index is 0.0560. The van der Waals surface area contributed by atoms with Crippen LogP contribution in [0.5, 0.6) is 0 Å². The Hall–Kier alpha value is -1.10. The van der Waals surface area contributed by atoms with E-state index >= 15 is 0 Å². The lowest BCUT2D eigenvalue weighted by Gasteiger charge is -2.27. The molecule has 0 aromatic rings. The van der Waals surface area contributed by atoms with Crippen LogP contribution in [-0.2, 0) is 14.3 Å². The predicted molar refractivity (Wildman–Crippen MR) is 69.6 cm³/mol. The van der Waals surface area contributed by atoms with E-state index in [2.05, 4.69) is 5.32 Å². The molecule has 1 aliphatic carbocycles. The Bertz CT molecular complexity index is 319. The molecule has 2 atom stereocenters. The zero-order valence-corrected chi connectivity index (χ0v) is 11.3. The number of ether oxygens (including phenoxy) is 1. The van der Waals surface area contributed by atoms with Gasteiger partial charge in [0.1, 0.15) is 0 Å². The number of carboxylic acids is 1. The third-order valence-electron chi connectivity index (χ3n) is 4.33. The first-order valence-electron chi connectivity index (χ1n) is 7.26. The Labute approximate surface area is 113 Å². The molecule has 2 aliphatic rings. The van der Waals surface area contributed by atoms with E-state index in [1.54, 1.807) is 0 Å². The first-order chi connectivity index (χ1) is 9.18. The molecule has 19 heavy (non-hydrogen) atoms. The van der Waals surface area contributed by atoms with Crippen LogP contribution in [0.3, 0.4) is 0 Å². The molecule has 0 spiro atoms. The van der Waals surface area contributed by atoms with Crippen molar-refractivity contribution in [1.82, 2.24) is 5.32 Å². The molecule has 5 heteroatoms. The lowest BCUT2D eigenvalue weighted by atomic mass is 9.80. The molecule has 1 amide bonds. The van der Waals surface area contributed by atoms with Crippen LogP contribution in [0.2, 0.25) is 0 Å². The summed E-state index contributed by atoms with van der Waals surface area (Å²) in [7, 11) is 0. The van der Waals surface area contributed by atoms with Crippen molar-refractivity contribution in [2.75, 3.05) is 19.8 Å². The molecular formula is C14H23NO4. The fourth-order valence-electron chi connectivity index (χ4n) is 3.09. The largest absolute Gasteiger partial charge is 0.481 e. The molecule has 1 saturated heterocycles. The molecule has 2 unspecified atom stereocenters. The van der Waals surface area contributed by atoms with E-state index in [-0.39, 0.29) is 24.3 Å². The lowest BCUT2D eigenvalue weighted by Crippen LogP contribution is -2.40.